The Morgan fingerprint density at radius 2 is 1.72 bits per heavy atom. The number of amides is 2. The van der Waals surface area contributed by atoms with Crippen LogP contribution >= 0.6 is 11.3 Å². The third kappa shape index (κ3) is 8.72. The lowest BCUT2D eigenvalue weighted by Gasteiger charge is -2.29. The van der Waals surface area contributed by atoms with E-state index in [1.807, 2.05) is 73.6 Å². The number of carbonyl (C=O) groups is 2. The second-order valence-corrected chi connectivity index (χ2v) is 12.4. The number of aliphatic hydroxyl groups excluding tert-OH is 1. The number of nitrogens with one attached hydrogen (secondary N) is 1. The van der Waals surface area contributed by atoms with Crippen molar-refractivity contribution in [3.63, 3.8) is 0 Å². The molecular weight excluding hydrogens is 558 g/mol. The van der Waals surface area contributed by atoms with Gasteiger partial charge in [-0.2, -0.15) is 0 Å². The summed E-state index contributed by atoms with van der Waals surface area (Å²) in [6.07, 6.45) is 1.36. The van der Waals surface area contributed by atoms with E-state index in [1.54, 1.807) is 36.3 Å². The Hall–Kier alpha value is -4.08. The summed E-state index contributed by atoms with van der Waals surface area (Å²) >= 11 is 1.52. The number of nitrogens with zero attached hydrogens (tertiary/aromatic N) is 4. The number of anilines is 1. The summed E-state index contributed by atoms with van der Waals surface area (Å²) in [6.45, 7) is 8.67. The maximum atomic E-state index is 13.6. The maximum absolute atomic E-state index is 13.6. The van der Waals surface area contributed by atoms with Crippen molar-refractivity contribution in [2.75, 3.05) is 25.5 Å². The van der Waals surface area contributed by atoms with Crippen molar-refractivity contribution in [3.8, 4) is 0 Å². The molecule has 4 rings (SSSR count). The highest BCUT2D eigenvalue weighted by Gasteiger charge is 2.25. The van der Waals surface area contributed by atoms with Crippen LogP contribution < -0.4 is 10.2 Å². The van der Waals surface area contributed by atoms with Crippen LogP contribution in [0, 0.1) is 13.8 Å². The van der Waals surface area contributed by atoms with E-state index in [1.165, 1.54) is 11.3 Å². The lowest BCUT2D eigenvalue weighted by molar-refractivity contribution is 0.0784. The molecule has 2 N–H and O–H groups in total. The predicted octanol–water partition coefficient (Wildman–Crippen LogP) is 5.39. The van der Waals surface area contributed by atoms with Crippen molar-refractivity contribution in [2.45, 2.75) is 58.7 Å². The minimum Gasteiger partial charge on any atom is -0.389 e. The maximum Gasteiger partial charge on any atom is 0.254 e. The number of thiazole rings is 1. The van der Waals surface area contributed by atoms with Gasteiger partial charge in [-0.05, 0) is 67.6 Å². The Morgan fingerprint density at radius 1 is 1.00 bits per heavy atom. The molecule has 0 spiro atoms. The highest BCUT2D eigenvalue weighted by atomic mass is 32.1. The molecule has 4 aromatic rings. The minimum absolute atomic E-state index is 0.189. The standard InChI is InChI=1S/C34H41N5O3S/c1-22(2)29-18-28(12-13-35-29)38(5)19-31(40)30(16-25-10-8-7-9-11-25)37-33(41)26-14-23(3)15-27(17-26)34(42)39(6)20-32-36-24(4)21-43-32/h7-15,17-18,21-22,30-31,40H,16,19-20H2,1-6H3,(H,37,41)/t30-,31+/m0/s1. The van der Waals surface area contributed by atoms with Gasteiger partial charge in [0.05, 0.1) is 18.7 Å². The van der Waals surface area contributed by atoms with E-state index in [2.05, 4.69) is 29.1 Å². The van der Waals surface area contributed by atoms with E-state index >= 15 is 0 Å². The van der Waals surface area contributed by atoms with Crippen molar-refractivity contribution in [2.24, 2.45) is 0 Å². The topological polar surface area (TPSA) is 98.7 Å². The molecule has 0 saturated carbocycles. The van der Waals surface area contributed by atoms with Gasteiger partial charge in [0, 0.05) is 60.4 Å². The SMILES string of the molecule is Cc1cc(C(=O)N[C@@H](Cc2ccccc2)[C@H](O)CN(C)c2ccnc(C(C)C)c2)cc(C(=O)N(C)Cc2nc(C)cs2)c1. The molecule has 2 heterocycles. The number of aryl methyl sites for hydroxylation is 2. The summed E-state index contributed by atoms with van der Waals surface area (Å²) in [5.74, 6) is -0.248. The third-order valence-corrected chi connectivity index (χ3v) is 8.26. The molecule has 2 atom stereocenters. The van der Waals surface area contributed by atoms with E-state index in [-0.39, 0.29) is 17.7 Å². The first-order chi connectivity index (χ1) is 20.5. The zero-order valence-electron chi connectivity index (χ0n) is 25.7. The van der Waals surface area contributed by atoms with Gasteiger partial charge in [0.1, 0.15) is 5.01 Å². The fourth-order valence-electron chi connectivity index (χ4n) is 4.91. The molecule has 43 heavy (non-hydrogen) atoms. The average molecular weight is 600 g/mol. The number of benzene rings is 2. The van der Waals surface area contributed by atoms with Crippen LogP contribution in [-0.2, 0) is 13.0 Å². The number of pyridine rings is 1. The van der Waals surface area contributed by atoms with Gasteiger partial charge >= 0.3 is 0 Å². The van der Waals surface area contributed by atoms with Crippen LogP contribution in [0.1, 0.15) is 68.0 Å². The van der Waals surface area contributed by atoms with Crippen molar-refractivity contribution in [1.82, 2.24) is 20.2 Å². The molecule has 0 aliphatic rings. The van der Waals surface area contributed by atoms with Crippen LogP contribution in [0.4, 0.5) is 5.69 Å². The van der Waals surface area contributed by atoms with Crippen molar-refractivity contribution >= 4 is 28.8 Å². The molecule has 0 aliphatic carbocycles. The number of hydrogen-bond donors (Lipinski definition) is 2. The van der Waals surface area contributed by atoms with E-state index in [0.29, 0.717) is 30.6 Å². The number of carbonyl (C=O) groups excluding carboxylic acids is 2. The monoisotopic (exact) mass is 599 g/mol. The first-order valence-corrected chi connectivity index (χ1v) is 15.4. The Labute approximate surface area is 258 Å². The van der Waals surface area contributed by atoms with E-state index in [0.717, 1.165) is 33.2 Å². The summed E-state index contributed by atoms with van der Waals surface area (Å²) < 4.78 is 0. The van der Waals surface area contributed by atoms with Gasteiger partial charge < -0.3 is 20.2 Å². The summed E-state index contributed by atoms with van der Waals surface area (Å²) in [7, 11) is 3.66. The van der Waals surface area contributed by atoms with Gasteiger partial charge in [0.15, 0.2) is 0 Å². The van der Waals surface area contributed by atoms with Crippen LogP contribution in [0.15, 0.2) is 72.2 Å². The number of aliphatic hydroxyl groups is 1. The summed E-state index contributed by atoms with van der Waals surface area (Å²) in [5.41, 5.74) is 5.45. The first-order valence-electron chi connectivity index (χ1n) is 14.5. The van der Waals surface area contributed by atoms with Gasteiger partial charge in [-0.15, -0.1) is 11.3 Å². The molecule has 2 aromatic carbocycles. The normalized spacial score (nSPS) is 12.6. The molecule has 0 unspecified atom stereocenters. The molecule has 8 nitrogen and oxygen atoms in total. The molecule has 9 heteroatoms. The fourth-order valence-corrected chi connectivity index (χ4v) is 5.74. The zero-order chi connectivity index (χ0) is 31.1. The molecule has 2 amide bonds. The molecule has 0 radical (unpaired) electrons. The largest absolute Gasteiger partial charge is 0.389 e. The molecule has 0 fully saturated rings. The van der Waals surface area contributed by atoms with Crippen LogP contribution in [-0.4, -0.2) is 64.6 Å². The third-order valence-electron chi connectivity index (χ3n) is 7.31. The highest BCUT2D eigenvalue weighted by molar-refractivity contribution is 7.09. The molecule has 0 bridgehead atoms. The molecule has 2 aromatic heterocycles. The van der Waals surface area contributed by atoms with Crippen LogP contribution in [0.25, 0.3) is 0 Å². The Balaban J connectivity index is 1.52. The number of likely N-dealkylation sites (N-methyl/N-ethyl adjacent to an activating group) is 1. The van der Waals surface area contributed by atoms with Crippen LogP contribution in [0.2, 0.25) is 0 Å². The predicted molar refractivity (Wildman–Crippen MR) is 173 cm³/mol. The highest BCUT2D eigenvalue weighted by Crippen LogP contribution is 2.20. The lowest BCUT2D eigenvalue weighted by Crippen LogP contribution is -2.49. The fraction of sp³-hybridized carbons (Fsp3) is 0.353. The smallest absolute Gasteiger partial charge is 0.254 e. The minimum atomic E-state index is -0.872. The number of aromatic nitrogens is 2. The number of rotatable bonds is 12. The Bertz CT molecular complexity index is 1540. The number of hydrogen-bond acceptors (Lipinski definition) is 7. The van der Waals surface area contributed by atoms with Crippen molar-refractivity contribution in [1.29, 1.82) is 0 Å². The van der Waals surface area contributed by atoms with Crippen molar-refractivity contribution in [3.05, 3.63) is 111 Å². The van der Waals surface area contributed by atoms with Gasteiger partial charge in [-0.3, -0.25) is 14.6 Å². The Morgan fingerprint density at radius 3 is 2.40 bits per heavy atom. The summed E-state index contributed by atoms with van der Waals surface area (Å²) in [6, 6.07) is 18.3. The van der Waals surface area contributed by atoms with E-state index in [4.69, 9.17) is 0 Å². The van der Waals surface area contributed by atoms with Crippen LogP contribution in [0.5, 0.6) is 0 Å². The molecule has 0 aliphatic heterocycles. The molecule has 226 valence electrons. The van der Waals surface area contributed by atoms with Gasteiger partial charge in [-0.1, -0.05) is 44.2 Å². The lowest BCUT2D eigenvalue weighted by atomic mass is 9.99. The first kappa shape index (κ1) is 31.8. The summed E-state index contributed by atoms with van der Waals surface area (Å²) in [4.78, 5) is 39.4. The van der Waals surface area contributed by atoms with Gasteiger partial charge in [0.2, 0.25) is 0 Å². The molecular formula is C34H41N5O3S. The zero-order valence-corrected chi connectivity index (χ0v) is 26.6. The van der Waals surface area contributed by atoms with Crippen LogP contribution in [0.3, 0.4) is 0 Å². The average Bonchev–Trinajstić information content (AvgIpc) is 3.40. The second-order valence-electron chi connectivity index (χ2n) is 11.4. The quantitative estimate of drug-likeness (QED) is 0.227. The second kappa shape index (κ2) is 14.4. The molecule has 0 saturated heterocycles. The van der Waals surface area contributed by atoms with Gasteiger partial charge in [0.25, 0.3) is 11.8 Å². The van der Waals surface area contributed by atoms with Crippen molar-refractivity contribution < 1.29 is 14.7 Å². The Kier molecular flexibility index (Phi) is 10.7. The van der Waals surface area contributed by atoms with Gasteiger partial charge in [-0.25, -0.2) is 4.98 Å². The van der Waals surface area contributed by atoms with E-state index < -0.39 is 12.1 Å². The summed E-state index contributed by atoms with van der Waals surface area (Å²) in [5, 5.41) is 17.3. The van der Waals surface area contributed by atoms with E-state index in [9.17, 15) is 14.7 Å².